The van der Waals surface area contributed by atoms with Gasteiger partial charge in [0.15, 0.2) is 0 Å². The Labute approximate surface area is 61.8 Å². The molecule has 0 amide bonds. The van der Waals surface area contributed by atoms with Gasteiger partial charge in [0, 0.05) is 22.6 Å². The monoisotopic (exact) mass is 274 g/mol. The zero-order chi connectivity index (χ0) is 5.28. The summed E-state index contributed by atoms with van der Waals surface area (Å²) in [6.07, 6.45) is 0. The van der Waals surface area contributed by atoms with E-state index in [0.717, 1.165) is 3.83 Å². The molecule has 0 N–H and O–H groups in total. The van der Waals surface area contributed by atoms with Crippen LogP contribution in [-0.4, -0.2) is 19.2 Å². The number of nitrogens with zero attached hydrogens (tertiary/aromatic N) is 4. The van der Waals surface area contributed by atoms with Gasteiger partial charge in [-0.25, -0.2) is 0 Å². The molecule has 38 valence electrons. The van der Waals surface area contributed by atoms with Gasteiger partial charge in [0.05, 0.1) is 16.1 Å². The number of aromatic nitrogens is 4. The summed E-state index contributed by atoms with van der Waals surface area (Å²) in [4.78, 5) is 0. The maximum Gasteiger partial charge on any atom is 0.223 e. The van der Waals surface area contributed by atoms with Crippen molar-refractivity contribution in [2.45, 2.75) is 0 Å². The number of tetrazole rings is 1. The number of hydrogen-bond donors (Lipinski definition) is 0. The van der Waals surface area contributed by atoms with Crippen LogP contribution in [0, 0.1) is 3.83 Å². The van der Waals surface area contributed by atoms with Crippen LogP contribution in [0.2, 0.25) is 0 Å². The summed E-state index contributed by atoms with van der Waals surface area (Å²) in [6, 6.07) is 0. The molecule has 0 aliphatic rings. The largest absolute Gasteiger partial charge is 0.223 e. The van der Waals surface area contributed by atoms with Crippen LogP contribution in [0.1, 0.15) is 0 Å². The highest BCUT2D eigenvalue weighted by Gasteiger charge is 1.92. The molecule has 0 saturated carbocycles. The predicted molar refractivity (Wildman–Crippen MR) is 34.9 cm³/mol. The molecule has 0 atom stereocenters. The van der Waals surface area contributed by atoms with Crippen molar-refractivity contribution in [1.82, 2.24) is 19.2 Å². The van der Waals surface area contributed by atoms with E-state index in [1.165, 1.54) is 3.71 Å². The van der Waals surface area contributed by atoms with Crippen molar-refractivity contribution >= 4 is 38.7 Å². The quantitative estimate of drug-likeness (QED) is 0.645. The van der Waals surface area contributed by atoms with Gasteiger partial charge in [-0.2, -0.15) is 3.71 Å². The van der Waals surface area contributed by atoms with E-state index < -0.39 is 0 Å². The van der Waals surface area contributed by atoms with Crippen molar-refractivity contribution in [3.8, 4) is 0 Å². The molecule has 7 heavy (non-hydrogen) atoms. The third-order valence-corrected chi connectivity index (χ3v) is 2.21. The lowest BCUT2D eigenvalue weighted by molar-refractivity contribution is 0.861. The van der Waals surface area contributed by atoms with Crippen LogP contribution >= 0.6 is 38.7 Å². The highest BCUT2D eigenvalue weighted by Crippen LogP contribution is 1.97. The molecule has 1 rings (SSSR count). The Morgan fingerprint density at radius 3 is 2.57 bits per heavy atom. The van der Waals surface area contributed by atoms with Gasteiger partial charge in [-0.3, -0.25) is 0 Å². The molecule has 6 heteroatoms. The zero-order valence-corrected chi connectivity index (χ0v) is 6.79. The van der Waals surface area contributed by atoms with Crippen molar-refractivity contribution in [3.63, 3.8) is 0 Å². The molecule has 0 aromatic carbocycles. The Morgan fingerprint density at radius 1 is 1.71 bits per heavy atom. The van der Waals surface area contributed by atoms with Gasteiger partial charge in [-0.15, -0.1) is 5.10 Å². The molecular formula is CBrIN4. The van der Waals surface area contributed by atoms with E-state index in [9.17, 15) is 0 Å². The van der Waals surface area contributed by atoms with Gasteiger partial charge in [0.1, 0.15) is 0 Å². The Morgan fingerprint density at radius 2 is 2.43 bits per heavy atom. The summed E-state index contributed by atoms with van der Waals surface area (Å²) >= 11 is 5.04. The van der Waals surface area contributed by atoms with Crippen LogP contribution in [0.4, 0.5) is 0 Å². The Hall–Kier alpha value is 0.280. The first-order valence-electron chi connectivity index (χ1n) is 1.41. The zero-order valence-electron chi connectivity index (χ0n) is 3.04. The fourth-order valence-corrected chi connectivity index (χ4v) is 0.493. The predicted octanol–water partition coefficient (Wildman–Crippen LogP) is 0.436. The second kappa shape index (κ2) is 2.03. The first-order valence-corrected chi connectivity index (χ1v) is 3.19. The summed E-state index contributed by atoms with van der Waals surface area (Å²) < 4.78 is 2.13. The molecule has 0 fully saturated rings. The van der Waals surface area contributed by atoms with E-state index >= 15 is 0 Å². The molecule has 0 spiro atoms. The summed E-state index contributed by atoms with van der Waals surface area (Å²) in [7, 11) is 0. The molecule has 0 saturated heterocycles. The maximum absolute atomic E-state index is 3.56. The average molecular weight is 275 g/mol. The van der Waals surface area contributed by atoms with Crippen LogP contribution in [0.3, 0.4) is 0 Å². The van der Waals surface area contributed by atoms with Crippen LogP contribution in [-0.2, 0) is 0 Å². The van der Waals surface area contributed by atoms with Gasteiger partial charge in [-0.1, -0.05) is 0 Å². The molecule has 0 aliphatic carbocycles. The van der Waals surface area contributed by atoms with E-state index in [2.05, 4.69) is 31.7 Å². The Balaban J connectivity index is 3.12. The third kappa shape index (κ3) is 1.09. The van der Waals surface area contributed by atoms with Gasteiger partial charge in [0.2, 0.25) is 3.83 Å². The van der Waals surface area contributed by atoms with E-state index in [4.69, 9.17) is 0 Å². The minimum atomic E-state index is 0.720. The fraction of sp³-hybridized carbons (Fsp3) is 0. The van der Waals surface area contributed by atoms with Crippen molar-refractivity contribution in [3.05, 3.63) is 3.83 Å². The smallest absolute Gasteiger partial charge is 0.151 e. The molecule has 1 aromatic heterocycles. The maximum atomic E-state index is 3.56. The van der Waals surface area contributed by atoms with Crippen LogP contribution < -0.4 is 0 Å². The molecule has 0 unspecified atom stereocenters. The van der Waals surface area contributed by atoms with E-state index in [1.54, 1.807) is 0 Å². The number of hydrogen-bond acceptors (Lipinski definition) is 3. The standard InChI is InChI=1S/CBrIN4/c2-7-1(3)4-5-6-7. The lowest BCUT2D eigenvalue weighted by Gasteiger charge is -1.75. The second-order valence-corrected chi connectivity index (χ2v) is 2.44. The van der Waals surface area contributed by atoms with Gasteiger partial charge in [-0.05, 0) is 10.4 Å². The fourth-order valence-electron chi connectivity index (χ4n) is 0.166. The van der Waals surface area contributed by atoms with Crippen LogP contribution in [0.5, 0.6) is 0 Å². The van der Waals surface area contributed by atoms with Crippen LogP contribution in [0.25, 0.3) is 0 Å². The lowest BCUT2D eigenvalue weighted by Crippen LogP contribution is -1.82. The minimum absolute atomic E-state index is 0.720. The third-order valence-electron chi connectivity index (χ3n) is 0.398. The second-order valence-electron chi connectivity index (χ2n) is 0.808. The van der Waals surface area contributed by atoms with Crippen molar-refractivity contribution < 1.29 is 0 Å². The van der Waals surface area contributed by atoms with E-state index in [1.807, 2.05) is 22.6 Å². The van der Waals surface area contributed by atoms with Crippen molar-refractivity contribution in [2.24, 2.45) is 0 Å². The average Bonchev–Trinajstić information content (AvgIpc) is 1.91. The summed E-state index contributed by atoms with van der Waals surface area (Å²) in [5, 5.41) is 10.4. The molecule has 1 aromatic rings. The summed E-state index contributed by atoms with van der Waals surface area (Å²) in [5.41, 5.74) is 0. The van der Waals surface area contributed by atoms with Gasteiger partial charge in [0.25, 0.3) is 0 Å². The van der Waals surface area contributed by atoms with E-state index in [-0.39, 0.29) is 0 Å². The minimum Gasteiger partial charge on any atom is -0.151 e. The SMILES string of the molecule is Brn1nnnc1I. The molecule has 0 aliphatic heterocycles. The Bertz CT molecular complexity index is 144. The van der Waals surface area contributed by atoms with Crippen molar-refractivity contribution in [2.75, 3.05) is 0 Å². The Kier molecular flexibility index (Phi) is 1.57. The van der Waals surface area contributed by atoms with E-state index in [0.29, 0.717) is 0 Å². The molecule has 4 nitrogen and oxygen atoms in total. The summed E-state index contributed by atoms with van der Waals surface area (Å²) in [6.45, 7) is 0. The topological polar surface area (TPSA) is 43.6 Å². The number of halogens is 2. The normalized spacial score (nSPS) is 9.43. The number of rotatable bonds is 0. The molecule has 0 radical (unpaired) electrons. The first kappa shape index (κ1) is 5.42. The van der Waals surface area contributed by atoms with Crippen molar-refractivity contribution in [1.29, 1.82) is 0 Å². The highest BCUT2D eigenvalue weighted by atomic mass is 127. The molecule has 1 heterocycles. The van der Waals surface area contributed by atoms with Crippen LogP contribution in [0.15, 0.2) is 0 Å². The summed E-state index contributed by atoms with van der Waals surface area (Å²) in [5.74, 6) is 0. The molecular weight excluding hydrogens is 275 g/mol. The van der Waals surface area contributed by atoms with Gasteiger partial charge >= 0.3 is 0 Å². The van der Waals surface area contributed by atoms with Gasteiger partial charge < -0.3 is 0 Å². The highest BCUT2D eigenvalue weighted by molar-refractivity contribution is 14.1. The molecule has 0 bridgehead atoms. The first-order chi connectivity index (χ1) is 3.30. The lowest BCUT2D eigenvalue weighted by atomic mass is 11.4.